The molecule has 1 heterocycles. The van der Waals surface area contributed by atoms with E-state index < -0.39 is 11.0 Å². The van der Waals surface area contributed by atoms with Gasteiger partial charge in [0.25, 0.3) is 5.69 Å². The number of non-ortho nitro benzene ring substituents is 1. The van der Waals surface area contributed by atoms with E-state index in [9.17, 15) is 15.2 Å². The molecule has 0 saturated heterocycles. The molecule has 0 aliphatic heterocycles. The minimum Gasteiger partial charge on any atom is -0.473 e. The lowest BCUT2D eigenvalue weighted by Crippen LogP contribution is -2.31. The zero-order valence-electron chi connectivity index (χ0n) is 11.0. The van der Waals surface area contributed by atoms with Gasteiger partial charge in [-0.25, -0.2) is 0 Å². The van der Waals surface area contributed by atoms with Crippen LogP contribution in [0, 0.1) is 10.1 Å². The van der Waals surface area contributed by atoms with Gasteiger partial charge in [0.2, 0.25) is 5.88 Å². The molecule has 0 bridgehead atoms. The summed E-state index contributed by atoms with van der Waals surface area (Å²) in [7, 11) is 0. The lowest BCUT2D eigenvalue weighted by molar-refractivity contribution is -0.384. The molecule has 0 saturated carbocycles. The number of nitrogens with zero attached hydrogens (tertiary/aromatic N) is 3. The minimum absolute atomic E-state index is 0.0593. The van der Waals surface area contributed by atoms with Gasteiger partial charge in [0.1, 0.15) is 18.9 Å². The average Bonchev–Trinajstić information content (AvgIpc) is 2.99. The van der Waals surface area contributed by atoms with Gasteiger partial charge in [-0.05, 0) is 5.56 Å². The van der Waals surface area contributed by atoms with Crippen molar-refractivity contribution in [2.45, 2.75) is 12.6 Å². The minimum atomic E-state index is -0.676. The van der Waals surface area contributed by atoms with E-state index in [0.717, 1.165) is 17.3 Å². The summed E-state index contributed by atoms with van der Waals surface area (Å²) in [5.41, 5.74) is 0.960. The lowest BCUT2D eigenvalue weighted by atomic mass is 10.2. The summed E-state index contributed by atoms with van der Waals surface area (Å²) in [6, 6.07) is 6.25. The third-order valence-electron chi connectivity index (χ3n) is 2.62. The van der Waals surface area contributed by atoms with Gasteiger partial charge < -0.3 is 15.2 Å². The van der Waals surface area contributed by atoms with Crippen LogP contribution in [0.15, 0.2) is 30.5 Å². The fourth-order valence-corrected chi connectivity index (χ4v) is 1.94. The second-order valence-electron chi connectivity index (χ2n) is 4.26. The molecular weight excluding hydrogens is 296 g/mol. The van der Waals surface area contributed by atoms with Crippen LogP contribution in [-0.2, 0) is 6.54 Å². The van der Waals surface area contributed by atoms with Gasteiger partial charge in [-0.3, -0.25) is 10.1 Å². The van der Waals surface area contributed by atoms with E-state index in [1.807, 2.05) is 0 Å². The number of hydrogen-bond donors (Lipinski definition) is 2. The molecule has 0 amide bonds. The van der Waals surface area contributed by atoms with Crippen molar-refractivity contribution in [2.24, 2.45) is 0 Å². The van der Waals surface area contributed by atoms with Gasteiger partial charge in [0.05, 0.1) is 16.7 Å². The summed E-state index contributed by atoms with van der Waals surface area (Å²) in [5, 5.41) is 23.3. The summed E-state index contributed by atoms with van der Waals surface area (Å²) in [4.78, 5) is 10.1. The summed E-state index contributed by atoms with van der Waals surface area (Å²) >= 11 is 1.04. The number of nitro benzene ring substituents is 1. The highest BCUT2D eigenvalue weighted by atomic mass is 32.1. The fourth-order valence-electron chi connectivity index (χ4n) is 1.58. The number of nitrogens with one attached hydrogen (secondary N) is 1. The number of aliphatic hydroxyl groups is 1. The van der Waals surface area contributed by atoms with Crippen molar-refractivity contribution in [3.63, 3.8) is 0 Å². The molecule has 1 aromatic carbocycles. The molecule has 0 aliphatic rings. The van der Waals surface area contributed by atoms with E-state index in [2.05, 4.69) is 14.1 Å². The molecule has 9 heteroatoms. The second-order valence-corrected chi connectivity index (χ2v) is 4.82. The number of nitro groups is 1. The number of benzene rings is 1. The standard InChI is InChI=1S/C12H14N4O4S/c17-11(8-20-12-7-14-21-15-12)6-13-5-9-1-3-10(4-2-9)16(18)19/h1-4,7,11,13,17H,5-6,8H2. The van der Waals surface area contributed by atoms with Crippen molar-refractivity contribution in [1.82, 2.24) is 14.1 Å². The Kier molecular flexibility index (Phi) is 5.55. The van der Waals surface area contributed by atoms with E-state index in [0.29, 0.717) is 19.0 Å². The third kappa shape index (κ3) is 5.06. The molecule has 0 aliphatic carbocycles. The predicted octanol–water partition coefficient (Wildman–Crippen LogP) is 0.976. The van der Waals surface area contributed by atoms with Crippen molar-refractivity contribution < 1.29 is 14.8 Å². The first-order valence-corrected chi connectivity index (χ1v) is 6.90. The molecule has 1 atom stereocenters. The Morgan fingerprint density at radius 1 is 1.43 bits per heavy atom. The first-order chi connectivity index (χ1) is 10.1. The van der Waals surface area contributed by atoms with Gasteiger partial charge in [-0.1, -0.05) is 12.1 Å². The highest BCUT2D eigenvalue weighted by molar-refractivity contribution is 6.99. The first kappa shape index (κ1) is 15.3. The normalized spacial score (nSPS) is 12.0. The molecule has 8 nitrogen and oxygen atoms in total. The molecule has 21 heavy (non-hydrogen) atoms. The van der Waals surface area contributed by atoms with E-state index in [1.165, 1.54) is 18.3 Å². The van der Waals surface area contributed by atoms with Crippen LogP contribution in [0.4, 0.5) is 5.69 Å². The van der Waals surface area contributed by atoms with Crippen LogP contribution in [0.3, 0.4) is 0 Å². The predicted molar refractivity (Wildman–Crippen MR) is 76.2 cm³/mol. The van der Waals surface area contributed by atoms with Gasteiger partial charge in [0, 0.05) is 25.2 Å². The van der Waals surface area contributed by atoms with Gasteiger partial charge in [-0.2, -0.15) is 4.37 Å². The first-order valence-electron chi connectivity index (χ1n) is 6.17. The average molecular weight is 310 g/mol. The van der Waals surface area contributed by atoms with Gasteiger partial charge in [-0.15, -0.1) is 4.37 Å². The van der Waals surface area contributed by atoms with Gasteiger partial charge >= 0.3 is 0 Å². The Labute approximate surface area is 124 Å². The van der Waals surface area contributed by atoms with E-state index in [-0.39, 0.29) is 12.3 Å². The van der Waals surface area contributed by atoms with Crippen LogP contribution in [-0.4, -0.2) is 38.0 Å². The molecule has 2 N–H and O–H groups in total. The summed E-state index contributed by atoms with van der Waals surface area (Å²) in [5.74, 6) is 0.398. The van der Waals surface area contributed by atoms with Crippen LogP contribution >= 0.6 is 11.7 Å². The van der Waals surface area contributed by atoms with Crippen molar-refractivity contribution in [3.8, 4) is 5.88 Å². The lowest BCUT2D eigenvalue weighted by Gasteiger charge is -2.11. The number of hydrogen-bond acceptors (Lipinski definition) is 8. The molecule has 112 valence electrons. The summed E-state index contributed by atoms with van der Waals surface area (Å²) < 4.78 is 12.9. The Hall–Kier alpha value is -2.10. The van der Waals surface area contributed by atoms with E-state index >= 15 is 0 Å². The molecule has 1 unspecified atom stereocenters. The van der Waals surface area contributed by atoms with E-state index in [4.69, 9.17) is 4.74 Å². The van der Waals surface area contributed by atoms with Crippen LogP contribution in [0.1, 0.15) is 5.56 Å². The molecule has 1 aromatic heterocycles. The van der Waals surface area contributed by atoms with Crippen molar-refractivity contribution >= 4 is 17.4 Å². The zero-order valence-corrected chi connectivity index (χ0v) is 11.8. The number of aliphatic hydroxyl groups excluding tert-OH is 1. The van der Waals surface area contributed by atoms with Crippen LogP contribution < -0.4 is 10.1 Å². The summed E-state index contributed by atoms with van der Waals surface area (Å²) in [6.45, 7) is 0.973. The maximum Gasteiger partial charge on any atom is 0.269 e. The molecule has 0 spiro atoms. The Balaban J connectivity index is 1.67. The molecule has 0 radical (unpaired) electrons. The van der Waals surface area contributed by atoms with Crippen LogP contribution in [0.5, 0.6) is 5.88 Å². The fraction of sp³-hybridized carbons (Fsp3) is 0.333. The number of aromatic nitrogens is 2. The zero-order chi connectivity index (χ0) is 15.1. The van der Waals surface area contributed by atoms with Crippen molar-refractivity contribution in [3.05, 3.63) is 46.1 Å². The van der Waals surface area contributed by atoms with Crippen molar-refractivity contribution in [1.29, 1.82) is 0 Å². The highest BCUT2D eigenvalue weighted by Gasteiger charge is 2.07. The van der Waals surface area contributed by atoms with Crippen LogP contribution in [0.25, 0.3) is 0 Å². The maximum atomic E-state index is 10.5. The van der Waals surface area contributed by atoms with Crippen LogP contribution in [0.2, 0.25) is 0 Å². The quantitative estimate of drug-likeness (QED) is 0.552. The monoisotopic (exact) mass is 310 g/mol. The Morgan fingerprint density at radius 2 is 2.19 bits per heavy atom. The van der Waals surface area contributed by atoms with E-state index in [1.54, 1.807) is 12.1 Å². The maximum absolute atomic E-state index is 10.5. The topological polar surface area (TPSA) is 110 Å². The van der Waals surface area contributed by atoms with Gasteiger partial charge in [0.15, 0.2) is 0 Å². The molecule has 0 fully saturated rings. The Bertz CT molecular complexity index is 561. The third-order valence-corrected chi connectivity index (χ3v) is 3.08. The SMILES string of the molecule is O=[N+]([O-])c1ccc(CNCC(O)COc2cnsn2)cc1. The molecular formula is C12H14N4O4S. The highest BCUT2D eigenvalue weighted by Crippen LogP contribution is 2.11. The molecule has 2 aromatic rings. The molecule has 2 rings (SSSR count). The number of rotatable bonds is 8. The Morgan fingerprint density at radius 3 is 2.81 bits per heavy atom. The second kappa shape index (κ2) is 7.62. The van der Waals surface area contributed by atoms with Crippen molar-refractivity contribution in [2.75, 3.05) is 13.2 Å². The summed E-state index contributed by atoms with van der Waals surface area (Å²) in [6.07, 6.45) is 0.812. The number of ether oxygens (including phenoxy) is 1. The smallest absolute Gasteiger partial charge is 0.269 e. The largest absolute Gasteiger partial charge is 0.473 e.